The zero-order valence-corrected chi connectivity index (χ0v) is 9.59. The Bertz CT molecular complexity index is 374. The fourth-order valence-electron chi connectivity index (χ4n) is 2.28. The first-order valence-corrected chi connectivity index (χ1v) is 5.79. The fraction of sp³-hybridized carbons (Fsp3) is 0.636. The Morgan fingerprint density at radius 1 is 1.69 bits per heavy atom. The van der Waals surface area contributed by atoms with Crippen LogP contribution in [0.5, 0.6) is 0 Å². The number of nitrogen functional groups attached to an aromatic ring is 1. The monoisotopic (exact) mass is 222 g/mol. The van der Waals surface area contributed by atoms with E-state index in [1.54, 1.807) is 16.9 Å². The van der Waals surface area contributed by atoms with Crippen molar-refractivity contribution in [2.75, 3.05) is 12.3 Å². The molecule has 5 nitrogen and oxygen atoms in total. The molecule has 2 N–H and O–H groups in total. The van der Waals surface area contributed by atoms with Crippen LogP contribution in [-0.2, 0) is 11.3 Å². The van der Waals surface area contributed by atoms with Crippen molar-refractivity contribution in [1.82, 2.24) is 14.7 Å². The Balaban J connectivity index is 1.97. The molecule has 0 saturated carbocycles. The molecule has 1 atom stereocenters. The quantitative estimate of drug-likeness (QED) is 0.825. The number of aromatic nitrogens is 2. The van der Waals surface area contributed by atoms with E-state index >= 15 is 0 Å². The highest BCUT2D eigenvalue weighted by Gasteiger charge is 2.27. The lowest BCUT2D eigenvalue weighted by molar-refractivity contribution is -0.132. The van der Waals surface area contributed by atoms with Gasteiger partial charge in [0.2, 0.25) is 5.91 Å². The first-order valence-electron chi connectivity index (χ1n) is 5.79. The molecule has 16 heavy (non-hydrogen) atoms. The van der Waals surface area contributed by atoms with Crippen LogP contribution in [0.15, 0.2) is 12.3 Å². The summed E-state index contributed by atoms with van der Waals surface area (Å²) in [6, 6.07) is 2.12. The van der Waals surface area contributed by atoms with Crippen molar-refractivity contribution in [1.29, 1.82) is 0 Å². The lowest BCUT2D eigenvalue weighted by Crippen LogP contribution is -2.37. The Morgan fingerprint density at radius 3 is 3.12 bits per heavy atom. The summed E-state index contributed by atoms with van der Waals surface area (Å²) in [6.45, 7) is 3.31. The molecule has 1 aliphatic heterocycles. The molecule has 1 fully saturated rings. The summed E-state index contributed by atoms with van der Waals surface area (Å²) in [7, 11) is 0. The molecule has 1 amide bonds. The third kappa shape index (κ3) is 2.18. The van der Waals surface area contributed by atoms with Crippen LogP contribution in [0.4, 0.5) is 5.82 Å². The molecule has 0 aliphatic carbocycles. The predicted octanol–water partition coefficient (Wildman–Crippen LogP) is 0.866. The summed E-state index contributed by atoms with van der Waals surface area (Å²) in [5.41, 5.74) is 5.50. The number of likely N-dealkylation sites (tertiary alicyclic amines) is 1. The molecule has 1 aromatic heterocycles. The van der Waals surface area contributed by atoms with Crippen molar-refractivity contribution in [2.45, 2.75) is 38.8 Å². The molecule has 0 aromatic carbocycles. The van der Waals surface area contributed by atoms with Gasteiger partial charge in [0.15, 0.2) is 0 Å². The van der Waals surface area contributed by atoms with Crippen LogP contribution in [0.3, 0.4) is 0 Å². The molecule has 88 valence electrons. The first-order chi connectivity index (χ1) is 7.70. The van der Waals surface area contributed by atoms with E-state index in [0.717, 1.165) is 25.8 Å². The number of carbonyl (C=O) groups excluding carboxylic acids is 1. The predicted molar refractivity (Wildman–Crippen MR) is 61.7 cm³/mol. The standard InChI is InChI=1S/C11H18N4O/c1-2-9-4-3-6-15(9)11(16)8-14-7-5-10(12)13-14/h5,7,9H,2-4,6,8H2,1H3,(H2,12,13). The first kappa shape index (κ1) is 11.0. The molecule has 0 bridgehead atoms. The summed E-state index contributed by atoms with van der Waals surface area (Å²) >= 11 is 0. The number of nitrogens with two attached hydrogens (primary N) is 1. The van der Waals surface area contributed by atoms with E-state index in [9.17, 15) is 4.79 Å². The smallest absolute Gasteiger partial charge is 0.244 e. The Hall–Kier alpha value is -1.52. The Kier molecular flexibility index (Phi) is 3.12. The average molecular weight is 222 g/mol. The van der Waals surface area contributed by atoms with E-state index in [4.69, 9.17) is 5.73 Å². The Labute approximate surface area is 95.2 Å². The molecule has 2 rings (SSSR count). The van der Waals surface area contributed by atoms with E-state index in [0.29, 0.717) is 18.4 Å². The van der Waals surface area contributed by atoms with Gasteiger partial charge in [-0.2, -0.15) is 5.10 Å². The number of hydrogen-bond donors (Lipinski definition) is 1. The number of carbonyl (C=O) groups is 1. The average Bonchev–Trinajstić information content (AvgIpc) is 2.86. The van der Waals surface area contributed by atoms with Gasteiger partial charge in [0.1, 0.15) is 12.4 Å². The molecule has 1 aliphatic rings. The third-order valence-corrected chi connectivity index (χ3v) is 3.13. The maximum atomic E-state index is 12.0. The van der Waals surface area contributed by atoms with Crippen LogP contribution in [0.25, 0.3) is 0 Å². The van der Waals surface area contributed by atoms with Gasteiger partial charge in [0, 0.05) is 18.8 Å². The lowest BCUT2D eigenvalue weighted by atomic mass is 10.2. The second-order valence-corrected chi connectivity index (χ2v) is 4.23. The van der Waals surface area contributed by atoms with Gasteiger partial charge in [-0.05, 0) is 25.3 Å². The van der Waals surface area contributed by atoms with Gasteiger partial charge in [-0.3, -0.25) is 9.48 Å². The minimum absolute atomic E-state index is 0.146. The van der Waals surface area contributed by atoms with Crippen molar-refractivity contribution < 1.29 is 4.79 Å². The van der Waals surface area contributed by atoms with Gasteiger partial charge in [-0.25, -0.2) is 0 Å². The molecule has 1 aromatic rings. The van der Waals surface area contributed by atoms with Gasteiger partial charge < -0.3 is 10.6 Å². The van der Waals surface area contributed by atoms with Crippen LogP contribution >= 0.6 is 0 Å². The number of anilines is 1. The summed E-state index contributed by atoms with van der Waals surface area (Å²) in [6.07, 6.45) is 5.02. The molecule has 0 spiro atoms. The maximum absolute atomic E-state index is 12.0. The van der Waals surface area contributed by atoms with Crippen LogP contribution in [0.2, 0.25) is 0 Å². The van der Waals surface area contributed by atoms with Gasteiger partial charge in [-0.15, -0.1) is 0 Å². The molecule has 1 saturated heterocycles. The summed E-state index contributed by atoms with van der Waals surface area (Å²) < 4.78 is 1.60. The maximum Gasteiger partial charge on any atom is 0.244 e. The van der Waals surface area contributed by atoms with Crippen LogP contribution < -0.4 is 5.73 Å². The van der Waals surface area contributed by atoms with E-state index in [-0.39, 0.29) is 5.91 Å². The molecule has 5 heteroatoms. The normalized spacial score (nSPS) is 20.3. The van der Waals surface area contributed by atoms with Gasteiger partial charge >= 0.3 is 0 Å². The highest BCUT2D eigenvalue weighted by Crippen LogP contribution is 2.20. The summed E-state index contributed by atoms with van der Waals surface area (Å²) in [5, 5.41) is 4.02. The molecule has 1 unspecified atom stereocenters. The zero-order valence-electron chi connectivity index (χ0n) is 9.59. The topological polar surface area (TPSA) is 64.2 Å². The van der Waals surface area contributed by atoms with Crippen LogP contribution in [-0.4, -0.2) is 33.2 Å². The van der Waals surface area contributed by atoms with Gasteiger partial charge in [0.25, 0.3) is 0 Å². The molecular formula is C11H18N4O. The van der Waals surface area contributed by atoms with E-state index < -0.39 is 0 Å². The number of rotatable bonds is 3. The van der Waals surface area contributed by atoms with Gasteiger partial charge in [0.05, 0.1) is 0 Å². The Morgan fingerprint density at radius 2 is 2.50 bits per heavy atom. The third-order valence-electron chi connectivity index (χ3n) is 3.13. The van der Waals surface area contributed by atoms with Gasteiger partial charge in [-0.1, -0.05) is 6.92 Å². The van der Waals surface area contributed by atoms with Crippen LogP contribution in [0, 0.1) is 0 Å². The summed E-state index contributed by atoms with van der Waals surface area (Å²) in [4.78, 5) is 14.0. The second-order valence-electron chi connectivity index (χ2n) is 4.23. The highest BCUT2D eigenvalue weighted by atomic mass is 16.2. The fourth-order valence-corrected chi connectivity index (χ4v) is 2.28. The lowest BCUT2D eigenvalue weighted by Gasteiger charge is -2.23. The molecular weight excluding hydrogens is 204 g/mol. The van der Waals surface area contributed by atoms with Crippen molar-refractivity contribution in [3.8, 4) is 0 Å². The SMILES string of the molecule is CCC1CCCN1C(=O)Cn1ccc(N)n1. The van der Waals surface area contributed by atoms with E-state index in [2.05, 4.69) is 12.0 Å². The largest absolute Gasteiger partial charge is 0.382 e. The van der Waals surface area contributed by atoms with Crippen molar-refractivity contribution in [2.24, 2.45) is 0 Å². The van der Waals surface area contributed by atoms with Crippen molar-refractivity contribution >= 4 is 11.7 Å². The molecule has 0 radical (unpaired) electrons. The zero-order chi connectivity index (χ0) is 11.5. The molecule has 2 heterocycles. The van der Waals surface area contributed by atoms with Crippen molar-refractivity contribution in [3.63, 3.8) is 0 Å². The van der Waals surface area contributed by atoms with E-state index in [1.165, 1.54) is 0 Å². The van der Waals surface area contributed by atoms with E-state index in [1.807, 2.05) is 4.90 Å². The minimum atomic E-state index is 0.146. The number of amides is 1. The van der Waals surface area contributed by atoms with Crippen molar-refractivity contribution in [3.05, 3.63) is 12.3 Å². The second kappa shape index (κ2) is 4.55. The summed E-state index contributed by atoms with van der Waals surface area (Å²) in [5.74, 6) is 0.605. The van der Waals surface area contributed by atoms with Crippen LogP contribution in [0.1, 0.15) is 26.2 Å². The number of nitrogens with zero attached hydrogens (tertiary/aromatic N) is 3. The number of hydrogen-bond acceptors (Lipinski definition) is 3. The highest BCUT2D eigenvalue weighted by molar-refractivity contribution is 5.76. The minimum Gasteiger partial charge on any atom is -0.382 e.